The fourth-order valence-corrected chi connectivity index (χ4v) is 3.16. The van der Waals surface area contributed by atoms with Gasteiger partial charge < -0.3 is 20.1 Å². The van der Waals surface area contributed by atoms with Crippen molar-refractivity contribution >= 4 is 11.6 Å². The first-order valence-corrected chi connectivity index (χ1v) is 8.26. The molecule has 0 amide bonds. The van der Waals surface area contributed by atoms with E-state index >= 15 is 0 Å². The van der Waals surface area contributed by atoms with Crippen molar-refractivity contribution in [2.45, 2.75) is 25.0 Å². The molecule has 0 spiro atoms. The van der Waals surface area contributed by atoms with Gasteiger partial charge >= 0.3 is 0 Å². The fraction of sp³-hybridized carbons (Fsp3) is 0.444. The average molecular weight is 346 g/mol. The van der Waals surface area contributed by atoms with Crippen molar-refractivity contribution in [1.82, 2.24) is 9.97 Å². The lowest BCUT2D eigenvalue weighted by Crippen LogP contribution is -2.36. The van der Waals surface area contributed by atoms with Crippen molar-refractivity contribution in [3.63, 3.8) is 0 Å². The van der Waals surface area contributed by atoms with E-state index in [1.165, 1.54) is 13.2 Å². The molecule has 1 aromatic carbocycles. The molecule has 0 bridgehead atoms. The third-order valence-corrected chi connectivity index (χ3v) is 4.55. The van der Waals surface area contributed by atoms with Crippen LogP contribution in [-0.4, -0.2) is 42.4 Å². The first-order chi connectivity index (χ1) is 12.0. The van der Waals surface area contributed by atoms with E-state index < -0.39 is 5.82 Å². The number of aliphatic hydroxyl groups is 1. The van der Waals surface area contributed by atoms with Crippen molar-refractivity contribution < 1.29 is 14.2 Å². The third-order valence-electron chi connectivity index (χ3n) is 4.55. The second-order valence-electron chi connectivity index (χ2n) is 6.52. The zero-order valence-electron chi connectivity index (χ0n) is 14.6. The predicted molar refractivity (Wildman–Crippen MR) is 94.4 cm³/mol. The molecular weight excluding hydrogens is 323 g/mol. The van der Waals surface area contributed by atoms with Crippen LogP contribution in [0.4, 0.5) is 16.0 Å². The van der Waals surface area contributed by atoms with E-state index in [4.69, 9.17) is 4.74 Å². The highest BCUT2D eigenvalue weighted by Gasteiger charge is 2.35. The van der Waals surface area contributed by atoms with Crippen molar-refractivity contribution in [1.29, 1.82) is 0 Å². The molecule has 1 saturated carbocycles. The molecule has 1 fully saturated rings. The number of anilines is 2. The van der Waals surface area contributed by atoms with E-state index in [2.05, 4.69) is 15.3 Å². The van der Waals surface area contributed by atoms with Gasteiger partial charge in [-0.3, -0.25) is 0 Å². The number of hydrogen-bond acceptors (Lipinski definition) is 6. The monoisotopic (exact) mass is 346 g/mol. The van der Waals surface area contributed by atoms with E-state index in [1.54, 1.807) is 18.5 Å². The number of halogens is 1. The molecular formula is C18H23FN4O2. The Kier molecular flexibility index (Phi) is 5.03. The van der Waals surface area contributed by atoms with E-state index in [-0.39, 0.29) is 23.8 Å². The number of ether oxygens (including phenoxy) is 1. The minimum absolute atomic E-state index is 0.167. The molecule has 2 aromatic rings. The van der Waals surface area contributed by atoms with Gasteiger partial charge in [-0.1, -0.05) is 6.07 Å². The molecule has 25 heavy (non-hydrogen) atoms. The minimum atomic E-state index is -0.404. The second-order valence-corrected chi connectivity index (χ2v) is 6.52. The van der Waals surface area contributed by atoms with Gasteiger partial charge in [0.15, 0.2) is 23.2 Å². The lowest BCUT2D eigenvalue weighted by Gasteiger charge is -2.39. The van der Waals surface area contributed by atoms with Gasteiger partial charge in [0.05, 0.1) is 19.3 Å². The maximum absolute atomic E-state index is 14.2. The maximum atomic E-state index is 14.2. The summed E-state index contributed by atoms with van der Waals surface area (Å²) in [5.74, 6) is 1.35. The van der Waals surface area contributed by atoms with Crippen LogP contribution >= 0.6 is 0 Å². The molecule has 1 atom stereocenters. The molecule has 3 rings (SSSR count). The summed E-state index contributed by atoms with van der Waals surface area (Å²) in [6, 6.07) is 4.78. The van der Waals surface area contributed by atoms with Crippen LogP contribution in [0, 0.1) is 11.7 Å². The molecule has 1 aliphatic rings. The van der Waals surface area contributed by atoms with Crippen LogP contribution in [0.2, 0.25) is 0 Å². The van der Waals surface area contributed by atoms with Crippen LogP contribution < -0.4 is 15.0 Å². The molecule has 0 radical (unpaired) electrons. The zero-order valence-corrected chi connectivity index (χ0v) is 14.6. The number of aromatic nitrogens is 2. The summed E-state index contributed by atoms with van der Waals surface area (Å²) < 4.78 is 19.2. The van der Waals surface area contributed by atoms with Crippen LogP contribution in [-0.2, 0) is 0 Å². The van der Waals surface area contributed by atoms with Crippen molar-refractivity contribution in [2.24, 2.45) is 5.92 Å². The Morgan fingerprint density at radius 2 is 2.00 bits per heavy atom. The zero-order chi connectivity index (χ0) is 18.0. The smallest absolute Gasteiger partial charge is 0.171 e. The van der Waals surface area contributed by atoms with Crippen LogP contribution in [0.25, 0.3) is 0 Å². The van der Waals surface area contributed by atoms with Crippen LogP contribution in [0.3, 0.4) is 0 Å². The Balaban J connectivity index is 1.92. The van der Waals surface area contributed by atoms with Crippen molar-refractivity contribution in [3.8, 4) is 5.75 Å². The molecule has 0 unspecified atom stereocenters. The maximum Gasteiger partial charge on any atom is 0.171 e. The Bertz CT molecular complexity index is 735. The Morgan fingerprint density at radius 1 is 1.28 bits per heavy atom. The van der Waals surface area contributed by atoms with Gasteiger partial charge in [0.2, 0.25) is 0 Å². The summed E-state index contributed by atoms with van der Waals surface area (Å²) in [5.41, 5.74) is 0.797. The van der Waals surface area contributed by atoms with Gasteiger partial charge in [-0.05, 0) is 36.5 Å². The summed E-state index contributed by atoms with van der Waals surface area (Å²) in [6.07, 6.45) is 4.30. The van der Waals surface area contributed by atoms with Gasteiger partial charge in [0.25, 0.3) is 0 Å². The highest BCUT2D eigenvalue weighted by atomic mass is 19.1. The first-order valence-electron chi connectivity index (χ1n) is 8.26. The molecule has 0 saturated heterocycles. The minimum Gasteiger partial charge on any atom is -0.494 e. The molecule has 1 aliphatic carbocycles. The Labute approximate surface area is 146 Å². The van der Waals surface area contributed by atoms with E-state index in [0.29, 0.717) is 24.5 Å². The fourth-order valence-electron chi connectivity index (χ4n) is 3.16. The van der Waals surface area contributed by atoms with E-state index in [0.717, 1.165) is 5.56 Å². The Hall–Kier alpha value is -2.41. The number of methoxy groups -OCH3 is 1. The highest BCUT2D eigenvalue weighted by molar-refractivity contribution is 5.60. The second kappa shape index (κ2) is 7.23. The molecule has 134 valence electrons. The Morgan fingerprint density at radius 3 is 2.60 bits per heavy atom. The van der Waals surface area contributed by atoms with Crippen LogP contribution in [0.1, 0.15) is 24.4 Å². The molecule has 0 aliphatic heterocycles. The van der Waals surface area contributed by atoms with Crippen molar-refractivity contribution in [3.05, 3.63) is 42.0 Å². The SMILES string of the molecule is COc1ccc([C@H](Nc2nccnc2N(C)C)C2CC(O)C2)cc1F. The highest BCUT2D eigenvalue weighted by Crippen LogP contribution is 2.41. The van der Waals surface area contributed by atoms with Gasteiger partial charge in [-0.25, -0.2) is 14.4 Å². The number of hydrogen-bond donors (Lipinski definition) is 2. The topological polar surface area (TPSA) is 70.5 Å². The number of nitrogens with zero attached hydrogens (tertiary/aromatic N) is 3. The number of nitrogens with one attached hydrogen (secondary N) is 1. The number of benzene rings is 1. The summed E-state index contributed by atoms with van der Waals surface area (Å²) >= 11 is 0. The molecule has 7 heteroatoms. The normalized spacial score (nSPS) is 20.5. The van der Waals surface area contributed by atoms with Crippen LogP contribution in [0.5, 0.6) is 5.75 Å². The molecule has 2 N–H and O–H groups in total. The first kappa shape index (κ1) is 17.4. The largest absolute Gasteiger partial charge is 0.494 e. The predicted octanol–water partition coefficient (Wildman–Crippen LogP) is 2.61. The summed E-state index contributed by atoms with van der Waals surface area (Å²) in [5, 5.41) is 13.1. The van der Waals surface area contributed by atoms with Crippen LogP contribution in [0.15, 0.2) is 30.6 Å². The summed E-state index contributed by atoms with van der Waals surface area (Å²) in [7, 11) is 5.23. The summed E-state index contributed by atoms with van der Waals surface area (Å²) in [4.78, 5) is 10.6. The average Bonchev–Trinajstić information content (AvgIpc) is 2.57. The number of aliphatic hydroxyl groups excluding tert-OH is 1. The molecule has 1 heterocycles. The molecule has 6 nitrogen and oxygen atoms in total. The summed E-state index contributed by atoms with van der Waals surface area (Å²) in [6.45, 7) is 0. The van der Waals surface area contributed by atoms with E-state index in [9.17, 15) is 9.50 Å². The van der Waals surface area contributed by atoms with Gasteiger partial charge in [0.1, 0.15) is 0 Å². The molecule has 1 aromatic heterocycles. The van der Waals surface area contributed by atoms with E-state index in [1.807, 2.05) is 25.1 Å². The number of rotatable bonds is 6. The van der Waals surface area contributed by atoms with Gasteiger partial charge in [0, 0.05) is 26.5 Å². The lowest BCUT2D eigenvalue weighted by molar-refractivity contribution is 0.0339. The third kappa shape index (κ3) is 3.66. The lowest BCUT2D eigenvalue weighted by atomic mass is 9.75. The van der Waals surface area contributed by atoms with Gasteiger partial charge in [-0.15, -0.1) is 0 Å². The standard InChI is InChI=1S/C18H23FN4O2/c1-23(2)18-17(20-6-7-21-18)22-16(12-8-13(24)9-12)11-4-5-15(25-3)14(19)10-11/h4-7,10,12-13,16,24H,8-9H2,1-3H3,(H,20,22)/t12?,13?,16-/m0/s1. The quantitative estimate of drug-likeness (QED) is 0.838. The van der Waals surface area contributed by atoms with Gasteiger partial charge in [-0.2, -0.15) is 0 Å². The van der Waals surface area contributed by atoms with Crippen molar-refractivity contribution in [2.75, 3.05) is 31.4 Å².